The molecule has 1 heterocycles. The van der Waals surface area contributed by atoms with Crippen LogP contribution in [0.4, 0.5) is 4.79 Å². The minimum Gasteiger partial charge on any atom is -0.481 e. The van der Waals surface area contributed by atoms with Crippen molar-refractivity contribution in [3.63, 3.8) is 0 Å². The van der Waals surface area contributed by atoms with E-state index in [2.05, 4.69) is 16.0 Å². The first-order valence-electron chi connectivity index (χ1n) is 8.01. The molecule has 4 N–H and O–H groups in total. The quantitative estimate of drug-likeness (QED) is 0.565. The van der Waals surface area contributed by atoms with Crippen molar-refractivity contribution in [1.82, 2.24) is 16.0 Å². The SMILES string of the molecule is CC(CNC(=O)CNC(=O)NCc1ccco1)(C(=O)O)c1ccccc1. The third-order valence-electron chi connectivity index (χ3n) is 3.93. The number of carbonyl (C=O) groups excluding carboxylic acids is 2. The maximum Gasteiger partial charge on any atom is 0.315 e. The topological polar surface area (TPSA) is 121 Å². The molecule has 138 valence electrons. The van der Waals surface area contributed by atoms with Gasteiger partial charge in [-0.05, 0) is 24.6 Å². The van der Waals surface area contributed by atoms with Gasteiger partial charge in [-0.15, -0.1) is 0 Å². The molecule has 1 unspecified atom stereocenters. The predicted octanol–water partition coefficient (Wildman–Crippen LogP) is 1.24. The van der Waals surface area contributed by atoms with Crippen LogP contribution in [-0.4, -0.2) is 36.1 Å². The third-order valence-corrected chi connectivity index (χ3v) is 3.93. The Hall–Kier alpha value is -3.29. The summed E-state index contributed by atoms with van der Waals surface area (Å²) in [6.07, 6.45) is 1.49. The van der Waals surface area contributed by atoms with E-state index in [1.807, 2.05) is 0 Å². The van der Waals surface area contributed by atoms with Crippen LogP contribution in [0, 0.1) is 0 Å². The Balaban J connectivity index is 1.79. The molecule has 0 aliphatic carbocycles. The Morgan fingerprint density at radius 1 is 1.04 bits per heavy atom. The van der Waals surface area contributed by atoms with E-state index in [9.17, 15) is 19.5 Å². The van der Waals surface area contributed by atoms with Gasteiger partial charge in [0, 0.05) is 6.54 Å². The van der Waals surface area contributed by atoms with Gasteiger partial charge < -0.3 is 25.5 Å². The number of amides is 3. The molecule has 1 atom stereocenters. The van der Waals surface area contributed by atoms with E-state index in [4.69, 9.17) is 4.42 Å². The Labute approximate surface area is 150 Å². The average Bonchev–Trinajstić information content (AvgIpc) is 3.16. The Morgan fingerprint density at radius 2 is 1.77 bits per heavy atom. The maximum absolute atomic E-state index is 11.9. The molecule has 0 bridgehead atoms. The Kier molecular flexibility index (Phi) is 6.37. The summed E-state index contributed by atoms with van der Waals surface area (Å²) in [4.78, 5) is 35.2. The van der Waals surface area contributed by atoms with Crippen molar-refractivity contribution in [2.75, 3.05) is 13.1 Å². The zero-order valence-electron chi connectivity index (χ0n) is 14.3. The maximum atomic E-state index is 11.9. The van der Waals surface area contributed by atoms with E-state index in [1.54, 1.807) is 42.5 Å². The number of aliphatic carboxylic acids is 1. The molecular formula is C18H21N3O5. The molecule has 0 spiro atoms. The number of furan rings is 1. The lowest BCUT2D eigenvalue weighted by Crippen LogP contribution is -2.48. The van der Waals surface area contributed by atoms with E-state index in [0.29, 0.717) is 11.3 Å². The molecule has 0 aliphatic rings. The largest absolute Gasteiger partial charge is 0.481 e. The molecule has 3 amide bonds. The van der Waals surface area contributed by atoms with Gasteiger partial charge in [-0.3, -0.25) is 9.59 Å². The van der Waals surface area contributed by atoms with Crippen LogP contribution in [0.3, 0.4) is 0 Å². The highest BCUT2D eigenvalue weighted by Crippen LogP contribution is 2.23. The van der Waals surface area contributed by atoms with E-state index in [1.165, 1.54) is 13.2 Å². The molecule has 2 aromatic rings. The van der Waals surface area contributed by atoms with Crippen LogP contribution in [0.2, 0.25) is 0 Å². The highest BCUT2D eigenvalue weighted by atomic mass is 16.4. The van der Waals surface area contributed by atoms with Gasteiger partial charge in [0.2, 0.25) is 5.91 Å². The number of hydrogen-bond donors (Lipinski definition) is 4. The molecule has 8 nitrogen and oxygen atoms in total. The summed E-state index contributed by atoms with van der Waals surface area (Å²) >= 11 is 0. The molecule has 26 heavy (non-hydrogen) atoms. The molecule has 1 aromatic heterocycles. The third kappa shape index (κ3) is 5.10. The van der Waals surface area contributed by atoms with Crippen LogP contribution < -0.4 is 16.0 Å². The smallest absolute Gasteiger partial charge is 0.315 e. The fourth-order valence-electron chi connectivity index (χ4n) is 2.25. The molecule has 0 radical (unpaired) electrons. The summed E-state index contributed by atoms with van der Waals surface area (Å²) in [5, 5.41) is 17.0. The van der Waals surface area contributed by atoms with Crippen molar-refractivity contribution < 1.29 is 23.9 Å². The van der Waals surface area contributed by atoms with E-state index in [0.717, 1.165) is 0 Å². The van der Waals surface area contributed by atoms with Gasteiger partial charge in [-0.25, -0.2) is 4.79 Å². The number of carboxylic acid groups (broad SMARTS) is 1. The van der Waals surface area contributed by atoms with Gasteiger partial charge in [0.05, 0.1) is 19.4 Å². The van der Waals surface area contributed by atoms with Crippen molar-refractivity contribution in [3.05, 3.63) is 60.1 Å². The van der Waals surface area contributed by atoms with Crippen molar-refractivity contribution >= 4 is 17.9 Å². The first-order chi connectivity index (χ1) is 12.4. The molecule has 0 saturated carbocycles. The van der Waals surface area contributed by atoms with Crippen LogP contribution in [0.15, 0.2) is 53.1 Å². The number of rotatable bonds is 8. The van der Waals surface area contributed by atoms with Crippen LogP contribution >= 0.6 is 0 Å². The molecule has 2 rings (SSSR count). The zero-order valence-corrected chi connectivity index (χ0v) is 14.3. The first-order valence-corrected chi connectivity index (χ1v) is 8.01. The number of nitrogens with one attached hydrogen (secondary N) is 3. The number of urea groups is 1. The average molecular weight is 359 g/mol. The van der Waals surface area contributed by atoms with Crippen LogP contribution in [0.25, 0.3) is 0 Å². The lowest BCUT2D eigenvalue weighted by atomic mass is 9.82. The number of carbonyl (C=O) groups is 3. The lowest BCUT2D eigenvalue weighted by Gasteiger charge is -2.25. The molecule has 0 saturated heterocycles. The summed E-state index contributed by atoms with van der Waals surface area (Å²) in [6.45, 7) is 1.37. The Bertz CT molecular complexity index is 745. The van der Waals surface area contributed by atoms with Crippen LogP contribution in [0.5, 0.6) is 0 Å². The monoisotopic (exact) mass is 359 g/mol. The summed E-state index contributed by atoms with van der Waals surface area (Å²) in [5.74, 6) is -0.945. The molecular weight excluding hydrogens is 338 g/mol. The molecule has 0 aliphatic heterocycles. The van der Waals surface area contributed by atoms with Gasteiger partial charge in [0.25, 0.3) is 0 Å². The predicted molar refractivity (Wildman–Crippen MR) is 93.4 cm³/mol. The lowest BCUT2D eigenvalue weighted by molar-refractivity contribution is -0.143. The van der Waals surface area contributed by atoms with Gasteiger partial charge in [-0.2, -0.15) is 0 Å². The van der Waals surface area contributed by atoms with Crippen molar-refractivity contribution in [3.8, 4) is 0 Å². The number of benzene rings is 1. The number of carboxylic acids is 1. The van der Waals surface area contributed by atoms with Gasteiger partial charge >= 0.3 is 12.0 Å². The van der Waals surface area contributed by atoms with Crippen molar-refractivity contribution in [1.29, 1.82) is 0 Å². The number of hydrogen-bond acceptors (Lipinski definition) is 4. The minimum absolute atomic E-state index is 0.0964. The van der Waals surface area contributed by atoms with Crippen molar-refractivity contribution in [2.45, 2.75) is 18.9 Å². The molecule has 1 aromatic carbocycles. The zero-order chi connectivity index (χ0) is 19.0. The fourth-order valence-corrected chi connectivity index (χ4v) is 2.25. The second-order valence-corrected chi connectivity index (χ2v) is 5.90. The summed E-state index contributed by atoms with van der Waals surface area (Å²) in [7, 11) is 0. The van der Waals surface area contributed by atoms with Crippen LogP contribution in [0.1, 0.15) is 18.2 Å². The molecule has 0 fully saturated rings. The fraction of sp³-hybridized carbons (Fsp3) is 0.278. The van der Waals surface area contributed by atoms with E-state index < -0.39 is 23.3 Å². The Morgan fingerprint density at radius 3 is 2.38 bits per heavy atom. The summed E-state index contributed by atoms with van der Waals surface area (Å²) in [6, 6.07) is 11.5. The van der Waals surface area contributed by atoms with E-state index >= 15 is 0 Å². The van der Waals surface area contributed by atoms with Gasteiger partial charge in [0.1, 0.15) is 11.2 Å². The highest BCUT2D eigenvalue weighted by molar-refractivity contribution is 5.86. The van der Waals surface area contributed by atoms with Gasteiger partial charge in [-0.1, -0.05) is 30.3 Å². The van der Waals surface area contributed by atoms with Gasteiger partial charge in [0.15, 0.2) is 0 Å². The summed E-state index contributed by atoms with van der Waals surface area (Å²) < 4.78 is 5.07. The summed E-state index contributed by atoms with van der Waals surface area (Å²) in [5.41, 5.74) is -0.685. The second-order valence-electron chi connectivity index (χ2n) is 5.90. The first kappa shape index (κ1) is 19.0. The second kappa shape index (κ2) is 8.70. The minimum atomic E-state index is -1.27. The van der Waals surface area contributed by atoms with Crippen LogP contribution in [-0.2, 0) is 21.5 Å². The normalized spacial score (nSPS) is 12.7. The molecule has 8 heteroatoms. The van der Waals surface area contributed by atoms with Crippen molar-refractivity contribution in [2.24, 2.45) is 0 Å². The van der Waals surface area contributed by atoms with E-state index in [-0.39, 0.29) is 19.6 Å². The highest BCUT2D eigenvalue weighted by Gasteiger charge is 2.35. The standard InChI is InChI=1S/C18H21N3O5/c1-18(16(23)24,13-6-3-2-4-7-13)12-21-15(22)11-20-17(25)19-10-14-8-5-9-26-14/h2-9H,10-12H2,1H3,(H,21,22)(H,23,24)(H2,19,20,25).